The molecule has 0 saturated heterocycles. The molecule has 1 rings (SSSR count). The van der Waals surface area contributed by atoms with Crippen molar-refractivity contribution in [2.45, 2.75) is 32.5 Å². The number of carbonyl (C=O) groups is 1. The summed E-state index contributed by atoms with van der Waals surface area (Å²) in [6.07, 6.45) is -3.64. The summed E-state index contributed by atoms with van der Waals surface area (Å²) in [5.41, 5.74) is -0.735. The normalized spacial score (nSPS) is 14.4. The predicted octanol–water partition coefficient (Wildman–Crippen LogP) is 3.17. The van der Waals surface area contributed by atoms with E-state index in [1.807, 2.05) is 13.8 Å². The third kappa shape index (κ3) is 5.55. The average Bonchev–Trinajstić information content (AvgIpc) is 2.45. The van der Waals surface area contributed by atoms with Crippen molar-refractivity contribution in [3.63, 3.8) is 0 Å². The highest BCUT2D eigenvalue weighted by molar-refractivity contribution is 5.73. The van der Waals surface area contributed by atoms with Crippen molar-refractivity contribution in [3.8, 4) is 5.75 Å². The number of carboxylic acid groups (broad SMARTS) is 1. The van der Waals surface area contributed by atoms with Crippen LogP contribution >= 0.6 is 0 Å². The summed E-state index contributed by atoms with van der Waals surface area (Å²) < 4.78 is 42.5. The predicted molar refractivity (Wildman–Crippen MR) is 75.8 cm³/mol. The molecule has 1 aromatic rings. The van der Waals surface area contributed by atoms with Gasteiger partial charge in [-0.1, -0.05) is 20.3 Å². The van der Waals surface area contributed by atoms with Crippen LogP contribution in [0.15, 0.2) is 24.3 Å². The third-order valence-electron chi connectivity index (χ3n) is 3.40. The zero-order valence-corrected chi connectivity index (χ0v) is 12.5. The van der Waals surface area contributed by atoms with Crippen molar-refractivity contribution in [2.24, 2.45) is 5.92 Å². The summed E-state index contributed by atoms with van der Waals surface area (Å²) in [5, 5.41) is 12.0. The molecule has 0 aromatic heterocycles. The summed E-state index contributed by atoms with van der Waals surface area (Å²) >= 11 is 0. The smallest absolute Gasteiger partial charge is 0.416 e. The van der Waals surface area contributed by atoms with Crippen LogP contribution in [-0.4, -0.2) is 30.3 Å². The molecule has 0 spiro atoms. The largest absolute Gasteiger partial charge is 0.492 e. The lowest BCUT2D eigenvalue weighted by Gasteiger charge is -2.20. The van der Waals surface area contributed by atoms with E-state index in [2.05, 4.69) is 5.32 Å². The maximum Gasteiger partial charge on any atom is 0.416 e. The quantitative estimate of drug-likeness (QED) is 0.723. The third-order valence-corrected chi connectivity index (χ3v) is 3.40. The Morgan fingerprint density at radius 1 is 1.32 bits per heavy atom. The lowest BCUT2D eigenvalue weighted by atomic mass is 9.99. The first-order chi connectivity index (χ1) is 10.3. The van der Waals surface area contributed by atoms with Crippen molar-refractivity contribution in [2.75, 3.05) is 13.2 Å². The van der Waals surface area contributed by atoms with Gasteiger partial charge in [-0.3, -0.25) is 4.79 Å². The van der Waals surface area contributed by atoms with E-state index in [0.29, 0.717) is 12.3 Å². The van der Waals surface area contributed by atoms with Gasteiger partial charge in [-0.25, -0.2) is 0 Å². The topological polar surface area (TPSA) is 58.6 Å². The number of ether oxygens (including phenoxy) is 1. The highest BCUT2D eigenvalue weighted by Crippen LogP contribution is 2.30. The van der Waals surface area contributed by atoms with Gasteiger partial charge in [0, 0.05) is 6.54 Å². The van der Waals surface area contributed by atoms with Gasteiger partial charge in [0.2, 0.25) is 0 Å². The summed E-state index contributed by atoms with van der Waals surface area (Å²) in [7, 11) is 0. The average molecular weight is 319 g/mol. The molecule has 0 saturated carbocycles. The molecule has 22 heavy (non-hydrogen) atoms. The minimum absolute atomic E-state index is 0.0245. The Kier molecular flexibility index (Phi) is 6.67. The highest BCUT2D eigenvalue weighted by atomic mass is 19.4. The zero-order chi connectivity index (χ0) is 16.8. The summed E-state index contributed by atoms with van der Waals surface area (Å²) in [4.78, 5) is 11.1. The summed E-state index contributed by atoms with van der Waals surface area (Å²) in [5.74, 6) is -0.641. The molecule has 0 aliphatic rings. The second-order valence-corrected chi connectivity index (χ2v) is 5.03. The van der Waals surface area contributed by atoms with Crippen LogP contribution in [0.1, 0.15) is 25.8 Å². The van der Waals surface area contributed by atoms with Crippen molar-refractivity contribution in [1.29, 1.82) is 0 Å². The number of hydrogen-bond acceptors (Lipinski definition) is 3. The number of benzene rings is 1. The molecule has 0 heterocycles. The van der Waals surface area contributed by atoms with Crippen LogP contribution < -0.4 is 10.1 Å². The number of alkyl halides is 3. The number of hydrogen-bond donors (Lipinski definition) is 2. The van der Waals surface area contributed by atoms with Gasteiger partial charge in [-0.05, 0) is 30.2 Å². The van der Waals surface area contributed by atoms with Crippen molar-refractivity contribution in [1.82, 2.24) is 5.32 Å². The van der Waals surface area contributed by atoms with E-state index in [0.717, 1.165) is 18.6 Å². The van der Waals surface area contributed by atoms with Crippen LogP contribution in [0.3, 0.4) is 0 Å². The van der Waals surface area contributed by atoms with Gasteiger partial charge < -0.3 is 15.2 Å². The van der Waals surface area contributed by atoms with Gasteiger partial charge in [0.05, 0.1) is 5.56 Å². The van der Waals surface area contributed by atoms with Crippen LogP contribution in [0.5, 0.6) is 5.75 Å². The molecule has 1 aromatic carbocycles. The fourth-order valence-corrected chi connectivity index (χ4v) is 1.89. The first-order valence-corrected chi connectivity index (χ1v) is 7.02. The van der Waals surface area contributed by atoms with Gasteiger partial charge in [-0.15, -0.1) is 0 Å². The van der Waals surface area contributed by atoms with Crippen LogP contribution in [-0.2, 0) is 11.0 Å². The molecule has 2 atom stereocenters. The zero-order valence-electron chi connectivity index (χ0n) is 12.5. The Morgan fingerprint density at radius 3 is 2.36 bits per heavy atom. The number of nitrogens with one attached hydrogen (secondary N) is 1. The molecule has 0 radical (unpaired) electrons. The van der Waals surface area contributed by atoms with Crippen molar-refractivity contribution < 1.29 is 27.8 Å². The van der Waals surface area contributed by atoms with Crippen LogP contribution in [0.4, 0.5) is 13.2 Å². The Labute approximate surface area is 127 Å². The molecule has 4 nitrogen and oxygen atoms in total. The van der Waals surface area contributed by atoms with Gasteiger partial charge in [-0.2, -0.15) is 13.2 Å². The van der Waals surface area contributed by atoms with E-state index in [-0.39, 0.29) is 12.5 Å². The molecule has 0 aliphatic carbocycles. The molecule has 7 heteroatoms. The molecule has 0 aliphatic heterocycles. The van der Waals surface area contributed by atoms with E-state index in [9.17, 15) is 18.0 Å². The number of halogens is 3. The maximum atomic E-state index is 12.4. The molecular weight excluding hydrogens is 299 g/mol. The van der Waals surface area contributed by atoms with E-state index >= 15 is 0 Å². The van der Waals surface area contributed by atoms with E-state index in [1.54, 1.807) is 0 Å². The Bertz CT molecular complexity index is 474. The van der Waals surface area contributed by atoms with Gasteiger partial charge in [0.25, 0.3) is 0 Å². The molecule has 0 fully saturated rings. The van der Waals surface area contributed by atoms with E-state index in [1.165, 1.54) is 12.1 Å². The minimum Gasteiger partial charge on any atom is -0.492 e. The van der Waals surface area contributed by atoms with Gasteiger partial charge >= 0.3 is 12.1 Å². The SMILES string of the molecule is CC[C@H](C)[C@H](NCCOc1ccc(C(F)(F)F)cc1)C(=O)O. The van der Waals surface area contributed by atoms with Crippen LogP contribution in [0, 0.1) is 5.92 Å². The first-order valence-electron chi connectivity index (χ1n) is 7.02. The Balaban J connectivity index is 2.42. The fraction of sp³-hybridized carbons (Fsp3) is 0.533. The lowest BCUT2D eigenvalue weighted by Crippen LogP contribution is -2.43. The number of aliphatic carboxylic acids is 1. The maximum absolute atomic E-state index is 12.4. The van der Waals surface area contributed by atoms with Crippen LogP contribution in [0.25, 0.3) is 0 Å². The van der Waals surface area contributed by atoms with Gasteiger partial charge in [0.15, 0.2) is 0 Å². The summed E-state index contributed by atoms with van der Waals surface area (Å²) in [6.45, 7) is 4.21. The number of carboxylic acids is 1. The van der Waals surface area contributed by atoms with Crippen LogP contribution in [0.2, 0.25) is 0 Å². The second-order valence-electron chi connectivity index (χ2n) is 5.03. The minimum atomic E-state index is -4.37. The Morgan fingerprint density at radius 2 is 1.91 bits per heavy atom. The molecule has 0 bridgehead atoms. The lowest BCUT2D eigenvalue weighted by molar-refractivity contribution is -0.141. The van der Waals surface area contributed by atoms with Crippen molar-refractivity contribution in [3.05, 3.63) is 29.8 Å². The fourth-order valence-electron chi connectivity index (χ4n) is 1.89. The highest BCUT2D eigenvalue weighted by Gasteiger charge is 2.30. The van der Waals surface area contributed by atoms with E-state index < -0.39 is 23.8 Å². The standard InChI is InChI=1S/C15H20F3NO3/c1-3-10(2)13(14(20)21)19-8-9-22-12-6-4-11(5-7-12)15(16,17)18/h4-7,10,13,19H,3,8-9H2,1-2H3,(H,20,21)/t10-,13-/m0/s1. The Hall–Kier alpha value is -1.76. The first kappa shape index (κ1) is 18.3. The summed E-state index contributed by atoms with van der Waals surface area (Å²) in [6, 6.07) is 3.71. The second kappa shape index (κ2) is 8.03. The molecule has 124 valence electrons. The molecular formula is C15H20F3NO3. The molecule has 2 N–H and O–H groups in total. The molecule has 0 unspecified atom stereocenters. The van der Waals surface area contributed by atoms with Gasteiger partial charge in [0.1, 0.15) is 18.4 Å². The monoisotopic (exact) mass is 319 g/mol. The number of rotatable bonds is 8. The molecule has 0 amide bonds. The van der Waals surface area contributed by atoms with Crippen molar-refractivity contribution >= 4 is 5.97 Å². The van der Waals surface area contributed by atoms with E-state index in [4.69, 9.17) is 9.84 Å².